The van der Waals surface area contributed by atoms with Crippen molar-refractivity contribution in [1.82, 2.24) is 14.7 Å². The molecule has 2 heterocycles. The zero-order chi connectivity index (χ0) is 14.9. The number of likely N-dealkylation sites (tertiary alicyclic amines) is 1. The van der Waals surface area contributed by atoms with Gasteiger partial charge in [-0.05, 0) is 12.8 Å². The number of aliphatic carboxylic acids is 1. The minimum Gasteiger partial charge on any atom is -0.481 e. The Morgan fingerprint density at radius 3 is 2.75 bits per heavy atom. The van der Waals surface area contributed by atoms with E-state index in [1.54, 1.807) is 15.8 Å². The van der Waals surface area contributed by atoms with Crippen molar-refractivity contribution in [3.05, 3.63) is 18.0 Å². The predicted octanol–water partition coefficient (Wildman–Crippen LogP) is 1.53. The van der Waals surface area contributed by atoms with E-state index in [4.69, 9.17) is 0 Å². The molecule has 1 N–H and O–H groups in total. The maximum absolute atomic E-state index is 12.1. The van der Waals surface area contributed by atoms with Crippen LogP contribution in [0.2, 0.25) is 0 Å². The summed E-state index contributed by atoms with van der Waals surface area (Å²) < 4.78 is 1.75. The quantitative estimate of drug-likeness (QED) is 0.887. The summed E-state index contributed by atoms with van der Waals surface area (Å²) in [5.74, 6) is -1.38. The number of carbonyl (C=O) groups is 2. The van der Waals surface area contributed by atoms with E-state index in [1.165, 1.54) is 0 Å². The van der Waals surface area contributed by atoms with Crippen LogP contribution in [-0.4, -0.2) is 38.2 Å². The number of aryl methyl sites for hydroxylation is 1. The van der Waals surface area contributed by atoms with Gasteiger partial charge in [-0.25, -0.2) is 0 Å². The van der Waals surface area contributed by atoms with Gasteiger partial charge in [0.15, 0.2) is 0 Å². The van der Waals surface area contributed by atoms with E-state index in [-0.39, 0.29) is 12.3 Å². The van der Waals surface area contributed by atoms with Crippen LogP contribution in [0.15, 0.2) is 12.4 Å². The molecule has 2 atom stereocenters. The van der Waals surface area contributed by atoms with Crippen LogP contribution in [0.4, 0.5) is 0 Å². The molecule has 6 heteroatoms. The summed E-state index contributed by atoms with van der Waals surface area (Å²) in [5, 5.41) is 13.6. The average Bonchev–Trinajstić information content (AvgIpc) is 2.94. The second kappa shape index (κ2) is 5.64. The fourth-order valence-electron chi connectivity index (χ4n) is 2.74. The van der Waals surface area contributed by atoms with Crippen LogP contribution < -0.4 is 0 Å². The highest BCUT2D eigenvalue weighted by Crippen LogP contribution is 2.38. The van der Waals surface area contributed by atoms with Gasteiger partial charge in [-0.1, -0.05) is 13.8 Å². The molecule has 1 aromatic heterocycles. The van der Waals surface area contributed by atoms with Gasteiger partial charge in [0.05, 0.1) is 18.2 Å². The SMILES string of the molecule is CCn1cc(C2C(C(=O)O)CC(=O)N2CC(C)C)cn1. The van der Waals surface area contributed by atoms with Gasteiger partial charge in [0.25, 0.3) is 0 Å². The van der Waals surface area contributed by atoms with Crippen molar-refractivity contribution in [2.75, 3.05) is 6.54 Å². The first-order chi connectivity index (χ1) is 9.43. The Morgan fingerprint density at radius 2 is 2.25 bits per heavy atom. The Bertz CT molecular complexity index is 510. The van der Waals surface area contributed by atoms with Crippen molar-refractivity contribution in [3.63, 3.8) is 0 Å². The fraction of sp³-hybridized carbons (Fsp3) is 0.643. The Balaban J connectivity index is 2.34. The third-order valence-electron chi connectivity index (χ3n) is 3.63. The monoisotopic (exact) mass is 279 g/mol. The first kappa shape index (κ1) is 14.6. The van der Waals surface area contributed by atoms with E-state index < -0.39 is 17.9 Å². The lowest BCUT2D eigenvalue weighted by atomic mass is 9.95. The first-order valence-corrected chi connectivity index (χ1v) is 6.98. The number of hydrogen-bond acceptors (Lipinski definition) is 3. The Kier molecular flexibility index (Phi) is 4.11. The molecule has 20 heavy (non-hydrogen) atoms. The lowest BCUT2D eigenvalue weighted by molar-refractivity contribution is -0.142. The second-order valence-electron chi connectivity index (χ2n) is 5.66. The molecule has 6 nitrogen and oxygen atoms in total. The molecule has 1 aliphatic rings. The molecular weight excluding hydrogens is 258 g/mol. The van der Waals surface area contributed by atoms with Gasteiger partial charge >= 0.3 is 5.97 Å². The zero-order valence-corrected chi connectivity index (χ0v) is 12.1. The summed E-state index contributed by atoms with van der Waals surface area (Å²) in [6.07, 6.45) is 3.59. The molecule has 2 unspecified atom stereocenters. The van der Waals surface area contributed by atoms with E-state index in [9.17, 15) is 14.7 Å². The van der Waals surface area contributed by atoms with Crippen LogP contribution >= 0.6 is 0 Å². The second-order valence-corrected chi connectivity index (χ2v) is 5.66. The molecule has 1 saturated heterocycles. The molecule has 110 valence electrons. The van der Waals surface area contributed by atoms with Crippen molar-refractivity contribution >= 4 is 11.9 Å². The maximum Gasteiger partial charge on any atom is 0.309 e. The van der Waals surface area contributed by atoms with Crippen molar-refractivity contribution in [1.29, 1.82) is 0 Å². The van der Waals surface area contributed by atoms with Gasteiger partial charge in [0.1, 0.15) is 0 Å². The Morgan fingerprint density at radius 1 is 1.55 bits per heavy atom. The molecule has 1 aromatic rings. The molecule has 1 aliphatic heterocycles. The van der Waals surface area contributed by atoms with E-state index in [0.717, 1.165) is 12.1 Å². The Labute approximate surface area is 118 Å². The fourth-order valence-corrected chi connectivity index (χ4v) is 2.74. The van der Waals surface area contributed by atoms with Crippen molar-refractivity contribution < 1.29 is 14.7 Å². The minimum absolute atomic E-state index is 0.0734. The molecule has 0 aliphatic carbocycles. The number of nitrogens with zero attached hydrogens (tertiary/aromatic N) is 3. The van der Waals surface area contributed by atoms with E-state index in [1.807, 2.05) is 27.0 Å². The molecule has 0 aromatic carbocycles. The summed E-state index contributed by atoms with van der Waals surface area (Å²) >= 11 is 0. The molecule has 1 amide bonds. The third-order valence-corrected chi connectivity index (χ3v) is 3.63. The Hall–Kier alpha value is -1.85. The van der Waals surface area contributed by atoms with Gasteiger partial charge < -0.3 is 10.0 Å². The van der Waals surface area contributed by atoms with Crippen LogP contribution in [0, 0.1) is 11.8 Å². The van der Waals surface area contributed by atoms with Crippen molar-refractivity contribution in [2.24, 2.45) is 11.8 Å². The van der Waals surface area contributed by atoms with Crippen LogP contribution in [0.3, 0.4) is 0 Å². The summed E-state index contributed by atoms with van der Waals surface area (Å²) in [6, 6.07) is -0.400. The molecule has 1 fully saturated rings. The molecule has 0 radical (unpaired) electrons. The van der Waals surface area contributed by atoms with E-state index in [2.05, 4.69) is 5.10 Å². The number of aromatic nitrogens is 2. The number of rotatable bonds is 5. The highest BCUT2D eigenvalue weighted by atomic mass is 16.4. The summed E-state index contributed by atoms with van der Waals surface area (Å²) in [6.45, 7) is 7.31. The van der Waals surface area contributed by atoms with Gasteiger partial charge in [0.2, 0.25) is 5.91 Å². The maximum atomic E-state index is 12.1. The van der Waals surface area contributed by atoms with Gasteiger partial charge in [-0.3, -0.25) is 14.3 Å². The van der Waals surface area contributed by atoms with E-state index >= 15 is 0 Å². The predicted molar refractivity (Wildman–Crippen MR) is 72.9 cm³/mol. The first-order valence-electron chi connectivity index (χ1n) is 6.98. The van der Waals surface area contributed by atoms with Crippen LogP contribution in [0.1, 0.15) is 38.8 Å². The lowest BCUT2D eigenvalue weighted by Crippen LogP contribution is -2.33. The molecular formula is C14H21N3O3. The number of amides is 1. The summed E-state index contributed by atoms with van der Waals surface area (Å²) in [7, 11) is 0. The molecule has 0 bridgehead atoms. The average molecular weight is 279 g/mol. The molecule has 2 rings (SSSR count). The number of carbonyl (C=O) groups excluding carboxylic acids is 1. The van der Waals surface area contributed by atoms with Gasteiger partial charge in [-0.15, -0.1) is 0 Å². The normalized spacial score (nSPS) is 22.8. The summed E-state index contributed by atoms with van der Waals surface area (Å²) in [5.41, 5.74) is 0.811. The van der Waals surface area contributed by atoms with Crippen molar-refractivity contribution in [2.45, 2.75) is 39.8 Å². The topological polar surface area (TPSA) is 75.4 Å². The largest absolute Gasteiger partial charge is 0.481 e. The summed E-state index contributed by atoms with van der Waals surface area (Å²) in [4.78, 5) is 25.2. The van der Waals surface area contributed by atoms with Gasteiger partial charge in [-0.2, -0.15) is 5.10 Å². The number of carboxylic acid groups (broad SMARTS) is 1. The third kappa shape index (κ3) is 2.69. The zero-order valence-electron chi connectivity index (χ0n) is 12.1. The van der Waals surface area contributed by atoms with Crippen LogP contribution in [-0.2, 0) is 16.1 Å². The highest BCUT2D eigenvalue weighted by molar-refractivity contribution is 5.87. The molecule has 0 spiro atoms. The van der Waals surface area contributed by atoms with Crippen LogP contribution in [0.25, 0.3) is 0 Å². The smallest absolute Gasteiger partial charge is 0.309 e. The van der Waals surface area contributed by atoms with Gasteiger partial charge in [0, 0.05) is 31.3 Å². The van der Waals surface area contributed by atoms with Crippen molar-refractivity contribution in [3.8, 4) is 0 Å². The highest BCUT2D eigenvalue weighted by Gasteiger charge is 2.45. The molecule has 0 saturated carbocycles. The standard InChI is InChI=1S/C14H21N3O3/c1-4-16-8-10(6-15-16)13-11(14(19)20)5-12(18)17(13)7-9(2)3/h6,8-9,11,13H,4-5,7H2,1-3H3,(H,19,20). The lowest BCUT2D eigenvalue weighted by Gasteiger charge is -2.27. The minimum atomic E-state index is -0.918. The number of carboxylic acids is 1. The number of hydrogen-bond donors (Lipinski definition) is 1. The van der Waals surface area contributed by atoms with E-state index in [0.29, 0.717) is 12.5 Å². The van der Waals surface area contributed by atoms with Crippen LogP contribution in [0.5, 0.6) is 0 Å².